The molecule has 1 aromatic heterocycles. The zero-order valence-electron chi connectivity index (χ0n) is 17.1. The Hall–Kier alpha value is -4.35. The molecule has 0 saturated carbocycles. The van der Waals surface area contributed by atoms with Crippen LogP contribution in [0.4, 0.5) is 10.1 Å². The highest BCUT2D eigenvalue weighted by Crippen LogP contribution is 2.36. The van der Waals surface area contributed by atoms with E-state index in [9.17, 15) is 14.0 Å². The number of aryl methyl sites for hydroxylation is 1. The number of imide groups is 1. The van der Waals surface area contributed by atoms with Crippen molar-refractivity contribution in [2.75, 3.05) is 11.7 Å². The Kier molecular flexibility index (Phi) is 4.15. The maximum Gasteiger partial charge on any atom is 0.263 e. The van der Waals surface area contributed by atoms with Crippen molar-refractivity contribution in [2.24, 2.45) is 10.3 Å². The van der Waals surface area contributed by atoms with Gasteiger partial charge in [0.1, 0.15) is 12.4 Å². The van der Waals surface area contributed by atoms with Crippen LogP contribution in [0.3, 0.4) is 0 Å². The number of hydrogen-bond donors (Lipinski definition) is 0. The fraction of sp³-hybridized carbons (Fsp3) is 0.238. The maximum absolute atomic E-state index is 14.0. The van der Waals surface area contributed by atoms with Crippen LogP contribution in [0, 0.1) is 12.7 Å². The highest BCUT2D eigenvalue weighted by Gasteiger charge is 2.55. The van der Waals surface area contributed by atoms with Gasteiger partial charge in [0, 0.05) is 5.56 Å². The molecular formula is C21H15FN6O5. The third-order valence-electron chi connectivity index (χ3n) is 5.67. The first-order chi connectivity index (χ1) is 16.0. The van der Waals surface area contributed by atoms with Gasteiger partial charge in [-0.1, -0.05) is 16.4 Å². The number of carbonyl (C=O) groups excluding carboxylic acids is 2. The lowest BCUT2D eigenvalue weighted by molar-refractivity contribution is -0.123. The average molecular weight is 450 g/mol. The van der Waals surface area contributed by atoms with Crippen LogP contribution >= 0.6 is 0 Å². The maximum atomic E-state index is 14.0. The summed E-state index contributed by atoms with van der Waals surface area (Å²) in [5, 5.41) is 13.2. The van der Waals surface area contributed by atoms with Gasteiger partial charge in [0.15, 0.2) is 23.6 Å². The van der Waals surface area contributed by atoms with Crippen LogP contribution < -0.4 is 14.4 Å². The van der Waals surface area contributed by atoms with Crippen molar-refractivity contribution in [1.29, 1.82) is 0 Å². The Morgan fingerprint density at radius 3 is 2.79 bits per heavy atom. The molecule has 3 aliphatic heterocycles. The van der Waals surface area contributed by atoms with E-state index in [4.69, 9.17) is 14.0 Å². The van der Waals surface area contributed by atoms with Crippen molar-refractivity contribution in [2.45, 2.75) is 25.6 Å². The molecule has 11 nitrogen and oxygen atoms in total. The molecule has 0 spiro atoms. The fourth-order valence-corrected chi connectivity index (χ4v) is 3.94. The van der Waals surface area contributed by atoms with Gasteiger partial charge >= 0.3 is 0 Å². The zero-order chi connectivity index (χ0) is 22.7. The van der Waals surface area contributed by atoms with Crippen LogP contribution in [-0.2, 0) is 16.1 Å². The van der Waals surface area contributed by atoms with Gasteiger partial charge in [0.2, 0.25) is 18.5 Å². The molecule has 6 rings (SSSR count). The third-order valence-corrected chi connectivity index (χ3v) is 5.67. The molecule has 2 amide bonds. The van der Waals surface area contributed by atoms with Crippen LogP contribution in [0.1, 0.15) is 11.5 Å². The van der Waals surface area contributed by atoms with E-state index in [0.717, 1.165) is 11.0 Å². The second-order valence-corrected chi connectivity index (χ2v) is 7.72. The molecule has 0 radical (unpaired) electrons. The van der Waals surface area contributed by atoms with E-state index < -0.39 is 29.7 Å². The highest BCUT2D eigenvalue weighted by molar-refractivity contribution is 6.25. The van der Waals surface area contributed by atoms with Crippen molar-refractivity contribution in [3.05, 3.63) is 53.7 Å². The fourth-order valence-electron chi connectivity index (χ4n) is 3.94. The van der Waals surface area contributed by atoms with Crippen LogP contribution in [0.15, 0.2) is 51.3 Å². The van der Waals surface area contributed by atoms with Crippen molar-refractivity contribution in [3.8, 4) is 22.9 Å². The summed E-state index contributed by atoms with van der Waals surface area (Å²) in [6.07, 6.45) is 0. The second kappa shape index (κ2) is 7.08. The minimum absolute atomic E-state index is 0.0304. The number of ether oxygens (including phenoxy) is 2. The molecule has 0 unspecified atom stereocenters. The molecule has 2 atom stereocenters. The normalized spacial score (nSPS) is 20.8. The van der Waals surface area contributed by atoms with Gasteiger partial charge < -0.3 is 14.0 Å². The lowest BCUT2D eigenvalue weighted by Gasteiger charge is -2.19. The molecule has 3 aromatic rings. The summed E-state index contributed by atoms with van der Waals surface area (Å²) in [5.41, 5.74) is 1.23. The number of benzene rings is 2. The number of aromatic nitrogens is 2. The highest BCUT2D eigenvalue weighted by atomic mass is 19.1. The molecule has 1 fully saturated rings. The van der Waals surface area contributed by atoms with Crippen LogP contribution in [0.25, 0.3) is 11.4 Å². The van der Waals surface area contributed by atoms with Gasteiger partial charge in [-0.3, -0.25) is 14.6 Å². The lowest BCUT2D eigenvalue weighted by Crippen LogP contribution is -2.39. The van der Waals surface area contributed by atoms with E-state index >= 15 is 0 Å². The summed E-state index contributed by atoms with van der Waals surface area (Å²) < 4.78 is 30.0. The monoisotopic (exact) mass is 450 g/mol. The van der Waals surface area contributed by atoms with Crippen LogP contribution in [0.5, 0.6) is 11.5 Å². The minimum Gasteiger partial charge on any atom is -0.454 e. The van der Waals surface area contributed by atoms with Gasteiger partial charge in [-0.05, 0) is 42.8 Å². The Morgan fingerprint density at radius 1 is 1.09 bits per heavy atom. The number of anilines is 1. The summed E-state index contributed by atoms with van der Waals surface area (Å²) in [6.45, 7) is 1.72. The third kappa shape index (κ3) is 3.02. The minimum atomic E-state index is -1.02. The predicted molar refractivity (Wildman–Crippen MR) is 107 cm³/mol. The van der Waals surface area contributed by atoms with Crippen molar-refractivity contribution >= 4 is 17.5 Å². The molecule has 33 heavy (non-hydrogen) atoms. The number of carbonyl (C=O) groups is 2. The second-order valence-electron chi connectivity index (χ2n) is 7.72. The van der Waals surface area contributed by atoms with Gasteiger partial charge in [-0.15, -0.1) is 0 Å². The Morgan fingerprint density at radius 2 is 1.94 bits per heavy atom. The van der Waals surface area contributed by atoms with Crippen LogP contribution in [-0.4, -0.2) is 45.8 Å². The van der Waals surface area contributed by atoms with E-state index in [0.29, 0.717) is 28.5 Å². The molecule has 2 aromatic carbocycles. The summed E-state index contributed by atoms with van der Waals surface area (Å²) in [5.74, 6) is 0.0976. The number of fused-ring (bicyclic) bond motifs is 2. The van der Waals surface area contributed by atoms with Crippen molar-refractivity contribution < 1.29 is 28.0 Å². The average Bonchev–Trinajstić information content (AvgIpc) is 3.57. The smallest absolute Gasteiger partial charge is 0.263 e. The molecule has 12 heteroatoms. The Bertz CT molecular complexity index is 1340. The van der Waals surface area contributed by atoms with Crippen molar-refractivity contribution in [1.82, 2.24) is 15.1 Å². The van der Waals surface area contributed by atoms with E-state index in [1.165, 1.54) is 17.1 Å². The Balaban J connectivity index is 1.22. The van der Waals surface area contributed by atoms with E-state index in [1.54, 1.807) is 25.1 Å². The summed E-state index contributed by atoms with van der Waals surface area (Å²) in [6, 6.07) is 7.45. The quantitative estimate of drug-likeness (QED) is 0.556. The van der Waals surface area contributed by atoms with E-state index in [1.807, 2.05) is 0 Å². The molecule has 4 heterocycles. The number of halogens is 1. The van der Waals surface area contributed by atoms with E-state index in [2.05, 4.69) is 20.5 Å². The van der Waals surface area contributed by atoms with Crippen LogP contribution in [0.2, 0.25) is 0 Å². The van der Waals surface area contributed by atoms with Gasteiger partial charge in [0.05, 0.1) is 5.69 Å². The molecule has 0 bridgehead atoms. The topological polar surface area (TPSA) is 123 Å². The first-order valence-corrected chi connectivity index (χ1v) is 10.0. The Labute approximate surface area is 185 Å². The zero-order valence-corrected chi connectivity index (χ0v) is 17.1. The number of rotatable bonds is 4. The SMILES string of the molecule is Cc1ccc(N2C(=O)[C@H]3N=NN(Cc4nc(-c5ccc6c(c5)OCO6)no4)[C@H]3C2=O)cc1F. The largest absolute Gasteiger partial charge is 0.454 e. The predicted octanol–water partition coefficient (Wildman–Crippen LogP) is 2.41. The molecular weight excluding hydrogens is 435 g/mol. The van der Waals surface area contributed by atoms with Gasteiger partial charge in [0.25, 0.3) is 11.8 Å². The molecule has 0 N–H and O–H groups in total. The summed E-state index contributed by atoms with van der Waals surface area (Å²) in [7, 11) is 0. The molecule has 0 aliphatic carbocycles. The van der Waals surface area contributed by atoms with Gasteiger partial charge in [-0.2, -0.15) is 10.1 Å². The lowest BCUT2D eigenvalue weighted by atomic mass is 10.1. The standard InChI is InChI=1S/C21H15FN6O5/c1-10-2-4-12(7-13(10)22)28-20(29)17-18(21(28)30)27(26-24-17)8-16-23-19(25-33-16)11-3-5-14-15(6-11)32-9-31-14/h2-7,17-18H,8-9H2,1H3/t17-,18+/m0/s1. The first-order valence-electron chi connectivity index (χ1n) is 10.0. The molecule has 3 aliphatic rings. The number of amides is 2. The van der Waals surface area contributed by atoms with Crippen molar-refractivity contribution in [3.63, 3.8) is 0 Å². The number of hydrogen-bond acceptors (Lipinski definition) is 10. The number of nitrogens with zero attached hydrogens (tertiary/aromatic N) is 6. The summed E-state index contributed by atoms with van der Waals surface area (Å²) >= 11 is 0. The van der Waals surface area contributed by atoms with Gasteiger partial charge in [-0.25, -0.2) is 9.29 Å². The first kappa shape index (κ1) is 19.3. The summed E-state index contributed by atoms with van der Waals surface area (Å²) in [4.78, 5) is 31.1. The molecule has 1 saturated heterocycles. The molecule has 166 valence electrons. The van der Waals surface area contributed by atoms with E-state index in [-0.39, 0.29) is 24.9 Å².